The van der Waals surface area contributed by atoms with Crippen molar-refractivity contribution >= 4 is 5.69 Å². The Morgan fingerprint density at radius 2 is 1.84 bits per heavy atom. The summed E-state index contributed by atoms with van der Waals surface area (Å²) in [5.74, 6) is 0.451. The van der Waals surface area contributed by atoms with Crippen LogP contribution in [0.5, 0.6) is 5.75 Å². The topological polar surface area (TPSA) is 102 Å². The van der Waals surface area contributed by atoms with Crippen molar-refractivity contribution in [1.82, 2.24) is 0 Å². The Morgan fingerprint density at radius 1 is 1.16 bits per heavy atom. The highest BCUT2D eigenvalue weighted by molar-refractivity contribution is 5.64. The van der Waals surface area contributed by atoms with E-state index in [9.17, 15) is 0 Å². The van der Waals surface area contributed by atoms with Crippen LogP contribution in [0.3, 0.4) is 0 Å². The third kappa shape index (κ3) is 3.74. The Labute approximate surface area is 110 Å². The molecule has 0 aliphatic heterocycles. The molecule has 0 amide bonds. The molecule has 19 heavy (non-hydrogen) atoms. The van der Waals surface area contributed by atoms with Crippen LogP contribution >= 0.6 is 0 Å². The molecular formula is C13H10N4O2. The molecule has 0 saturated carbocycles. The molecule has 6 heteroatoms. The molecule has 0 atom stereocenters. The van der Waals surface area contributed by atoms with Crippen molar-refractivity contribution in [3.05, 3.63) is 35.5 Å². The second kappa shape index (κ2) is 7.34. The van der Waals surface area contributed by atoms with Crippen LogP contribution in [0.15, 0.2) is 35.5 Å². The van der Waals surface area contributed by atoms with E-state index >= 15 is 0 Å². The van der Waals surface area contributed by atoms with E-state index < -0.39 is 0 Å². The Morgan fingerprint density at radius 3 is 2.42 bits per heavy atom. The zero-order valence-electron chi connectivity index (χ0n) is 10.2. The van der Waals surface area contributed by atoms with Gasteiger partial charge in [0.15, 0.2) is 12.4 Å². The van der Waals surface area contributed by atoms with Gasteiger partial charge in [-0.25, -0.2) is 0 Å². The van der Waals surface area contributed by atoms with Crippen molar-refractivity contribution < 1.29 is 9.47 Å². The van der Waals surface area contributed by atoms with E-state index in [0.717, 1.165) is 0 Å². The number of methoxy groups -OCH3 is 1. The number of ether oxygens (including phenoxy) is 2. The van der Waals surface area contributed by atoms with Crippen LogP contribution in [-0.4, -0.2) is 13.9 Å². The average molecular weight is 254 g/mol. The largest absolute Gasteiger partial charge is 0.465 e. The lowest BCUT2D eigenvalue weighted by atomic mass is 10.2. The molecule has 0 fully saturated rings. The summed E-state index contributed by atoms with van der Waals surface area (Å²) in [4.78, 5) is 0. The summed E-state index contributed by atoms with van der Waals surface area (Å²) < 4.78 is 10.1. The summed E-state index contributed by atoms with van der Waals surface area (Å²) in [6.45, 7) is 0.0493. The molecule has 1 rings (SSSR count). The van der Waals surface area contributed by atoms with Gasteiger partial charge in [0.05, 0.1) is 5.69 Å². The first-order chi connectivity index (χ1) is 9.26. The monoisotopic (exact) mass is 254 g/mol. The fourth-order valence-electron chi connectivity index (χ4n) is 1.24. The maximum atomic E-state index is 8.95. The summed E-state index contributed by atoms with van der Waals surface area (Å²) in [5, 5.41) is 29.1. The molecule has 0 radical (unpaired) electrons. The lowest BCUT2D eigenvalue weighted by molar-refractivity contribution is 0.0516. The highest BCUT2D eigenvalue weighted by Gasteiger charge is 2.09. The van der Waals surface area contributed by atoms with Gasteiger partial charge in [-0.3, -0.25) is 0 Å². The Bertz CT molecular complexity index is 586. The maximum Gasteiger partial charge on any atom is 0.188 e. The van der Waals surface area contributed by atoms with Crippen molar-refractivity contribution in [3.63, 3.8) is 0 Å². The van der Waals surface area contributed by atoms with Crippen LogP contribution in [-0.2, 0) is 4.74 Å². The summed E-state index contributed by atoms with van der Waals surface area (Å²) in [6.07, 6.45) is 0. The predicted molar refractivity (Wildman–Crippen MR) is 66.4 cm³/mol. The number of nitrogens with one attached hydrogen (secondary N) is 1. The summed E-state index contributed by atoms with van der Waals surface area (Å²) in [7, 11) is 1.49. The van der Waals surface area contributed by atoms with Crippen LogP contribution in [0, 0.1) is 34.0 Å². The van der Waals surface area contributed by atoms with Crippen molar-refractivity contribution in [2.24, 2.45) is 0 Å². The molecule has 0 saturated heterocycles. The molecule has 1 aromatic carbocycles. The van der Waals surface area contributed by atoms with E-state index in [1.165, 1.54) is 7.11 Å². The third-order valence-electron chi connectivity index (χ3n) is 2.06. The summed E-state index contributed by atoms with van der Waals surface area (Å²) >= 11 is 0. The number of rotatable bonds is 5. The molecule has 0 aliphatic carbocycles. The van der Waals surface area contributed by atoms with Crippen molar-refractivity contribution in [3.8, 4) is 24.0 Å². The average Bonchev–Trinajstić information content (AvgIpc) is 2.46. The van der Waals surface area contributed by atoms with Gasteiger partial charge in [-0.05, 0) is 12.1 Å². The molecule has 1 aromatic rings. The molecule has 1 N–H and O–H groups in total. The molecular weight excluding hydrogens is 244 g/mol. The van der Waals surface area contributed by atoms with Gasteiger partial charge in [-0.1, -0.05) is 12.1 Å². The number of nitriles is 3. The predicted octanol–water partition coefficient (Wildman–Crippen LogP) is 1.91. The fourth-order valence-corrected chi connectivity index (χ4v) is 1.24. The van der Waals surface area contributed by atoms with Gasteiger partial charge < -0.3 is 14.8 Å². The summed E-state index contributed by atoms with van der Waals surface area (Å²) in [6, 6.07) is 11.9. The first-order valence-electron chi connectivity index (χ1n) is 5.19. The van der Waals surface area contributed by atoms with Crippen LogP contribution in [0.2, 0.25) is 0 Å². The number of hydrogen-bond acceptors (Lipinski definition) is 6. The quantitative estimate of drug-likeness (QED) is 0.636. The standard InChI is InChI=1S/C13H10N4O2/c1-18-9-19-13-5-3-2-4-11(13)17-12(8-16)10(6-14)7-15/h2-5,17H,9H2,1H3. The minimum atomic E-state index is -0.288. The van der Waals surface area contributed by atoms with E-state index in [-0.39, 0.29) is 18.1 Å². The fraction of sp³-hybridized carbons (Fsp3) is 0.154. The molecule has 6 nitrogen and oxygen atoms in total. The molecule has 0 spiro atoms. The van der Waals surface area contributed by atoms with Crippen LogP contribution in [0.25, 0.3) is 0 Å². The van der Waals surface area contributed by atoms with Crippen LogP contribution < -0.4 is 10.1 Å². The Balaban J connectivity index is 3.07. The van der Waals surface area contributed by atoms with Gasteiger partial charge in [0.2, 0.25) is 0 Å². The van der Waals surface area contributed by atoms with Gasteiger partial charge >= 0.3 is 0 Å². The second-order valence-corrected chi connectivity index (χ2v) is 3.26. The van der Waals surface area contributed by atoms with Gasteiger partial charge in [0.25, 0.3) is 0 Å². The van der Waals surface area contributed by atoms with Crippen LogP contribution in [0.4, 0.5) is 5.69 Å². The zero-order chi connectivity index (χ0) is 14.1. The van der Waals surface area contributed by atoms with Gasteiger partial charge in [0, 0.05) is 7.11 Å². The zero-order valence-corrected chi connectivity index (χ0v) is 10.2. The number of anilines is 1. The smallest absolute Gasteiger partial charge is 0.188 e. The molecule has 0 bridgehead atoms. The number of allylic oxidation sites excluding steroid dienone is 2. The van der Waals surface area contributed by atoms with Crippen molar-refractivity contribution in [2.75, 3.05) is 19.2 Å². The SMILES string of the molecule is COCOc1ccccc1NC(C#N)=C(C#N)C#N. The normalized spacial score (nSPS) is 8.53. The Kier molecular flexibility index (Phi) is 5.43. The molecule has 0 aromatic heterocycles. The number of benzene rings is 1. The van der Waals surface area contributed by atoms with Crippen molar-refractivity contribution in [2.45, 2.75) is 0 Å². The first kappa shape index (κ1) is 14.1. The number of para-hydroxylation sites is 2. The highest BCUT2D eigenvalue weighted by atomic mass is 16.7. The third-order valence-corrected chi connectivity index (χ3v) is 2.06. The molecule has 0 aliphatic rings. The second-order valence-electron chi connectivity index (χ2n) is 3.26. The lowest BCUT2D eigenvalue weighted by Crippen LogP contribution is -2.05. The highest BCUT2D eigenvalue weighted by Crippen LogP contribution is 2.25. The van der Waals surface area contributed by atoms with Crippen molar-refractivity contribution in [1.29, 1.82) is 15.8 Å². The van der Waals surface area contributed by atoms with E-state index in [1.807, 2.05) is 0 Å². The number of nitrogens with zero attached hydrogens (tertiary/aromatic N) is 3. The van der Waals surface area contributed by atoms with Gasteiger partial charge in [-0.2, -0.15) is 15.8 Å². The van der Waals surface area contributed by atoms with E-state index in [2.05, 4.69) is 5.32 Å². The van der Waals surface area contributed by atoms with E-state index in [4.69, 9.17) is 25.3 Å². The maximum absolute atomic E-state index is 8.95. The lowest BCUT2D eigenvalue weighted by Gasteiger charge is -2.11. The molecule has 0 unspecified atom stereocenters. The molecule has 94 valence electrons. The Hall–Kier alpha value is -3.01. The van der Waals surface area contributed by atoms with Gasteiger partial charge in [-0.15, -0.1) is 0 Å². The van der Waals surface area contributed by atoms with Crippen LogP contribution in [0.1, 0.15) is 0 Å². The number of hydrogen-bond donors (Lipinski definition) is 1. The van der Waals surface area contributed by atoms with E-state index in [1.54, 1.807) is 42.5 Å². The first-order valence-corrected chi connectivity index (χ1v) is 5.19. The summed E-state index contributed by atoms with van der Waals surface area (Å²) in [5.41, 5.74) is 0.0570. The van der Waals surface area contributed by atoms with E-state index in [0.29, 0.717) is 11.4 Å². The molecule has 0 heterocycles. The van der Waals surface area contributed by atoms with Gasteiger partial charge in [0.1, 0.15) is 29.7 Å². The minimum Gasteiger partial charge on any atom is -0.465 e. The minimum absolute atomic E-state index is 0.0493.